The number of imidazole rings is 1. The normalized spacial score (nSPS) is 16.4. The van der Waals surface area contributed by atoms with E-state index < -0.39 is 17.8 Å². The Hall–Kier alpha value is -4.17. The fraction of sp³-hybridized carbons (Fsp3) is 0.433. The SMILES string of the molecule is C/C=C/Cn1cc(-c2cnc(C(=O)Nc3ccc(C(=O)N4CCN(C(=O)C5CCNCC5)CC4)c(Cl)c3)n2C)c(C(F)(F)F)n1. The number of aromatic nitrogens is 4. The standard InChI is InChI=1S/C30H34ClF3N8O3/c1-3-4-11-42-18-22(25(38-42)30(32,33)34)24-17-36-26(39(24)2)27(43)37-20-5-6-21(23(31)16-20)29(45)41-14-12-40(13-15-41)28(44)19-7-9-35-10-8-19/h3-6,16-19,35H,7-15H2,1-2H3,(H,37,43)/b4-3+. The van der Waals surface area contributed by atoms with E-state index in [1.807, 2.05) is 4.90 Å². The Morgan fingerprint density at radius 1 is 1.11 bits per heavy atom. The van der Waals surface area contributed by atoms with Crippen molar-refractivity contribution in [3.8, 4) is 11.3 Å². The van der Waals surface area contributed by atoms with Crippen LogP contribution in [-0.2, 0) is 24.6 Å². The number of carbonyl (C=O) groups excluding carboxylic acids is 3. The van der Waals surface area contributed by atoms with Crippen molar-refractivity contribution in [2.75, 3.05) is 44.6 Å². The van der Waals surface area contributed by atoms with E-state index in [1.165, 1.54) is 46.9 Å². The summed E-state index contributed by atoms with van der Waals surface area (Å²) in [4.78, 5) is 46.7. The van der Waals surface area contributed by atoms with Gasteiger partial charge in [-0.15, -0.1) is 0 Å². The van der Waals surface area contributed by atoms with Gasteiger partial charge in [0.25, 0.3) is 11.8 Å². The molecule has 2 aromatic heterocycles. The quantitative estimate of drug-likeness (QED) is 0.374. The molecule has 0 unspecified atom stereocenters. The van der Waals surface area contributed by atoms with Gasteiger partial charge >= 0.3 is 6.18 Å². The average Bonchev–Trinajstić information content (AvgIpc) is 3.63. The van der Waals surface area contributed by atoms with Crippen molar-refractivity contribution in [1.82, 2.24) is 34.4 Å². The Kier molecular flexibility index (Phi) is 9.63. The Bertz CT molecular complexity index is 1600. The first-order chi connectivity index (χ1) is 21.5. The van der Waals surface area contributed by atoms with Crippen LogP contribution in [0.2, 0.25) is 5.02 Å². The van der Waals surface area contributed by atoms with E-state index in [0.717, 1.165) is 25.9 Å². The van der Waals surface area contributed by atoms with E-state index in [0.29, 0.717) is 26.2 Å². The molecule has 3 amide bonds. The van der Waals surface area contributed by atoms with E-state index in [9.17, 15) is 27.6 Å². The molecule has 2 aliphatic rings. The molecule has 0 aliphatic carbocycles. The fourth-order valence-corrected chi connectivity index (χ4v) is 5.84. The molecule has 240 valence electrons. The highest BCUT2D eigenvalue weighted by molar-refractivity contribution is 6.34. The van der Waals surface area contributed by atoms with Gasteiger partial charge in [-0.1, -0.05) is 23.8 Å². The van der Waals surface area contributed by atoms with Crippen LogP contribution >= 0.6 is 11.6 Å². The summed E-state index contributed by atoms with van der Waals surface area (Å²) in [6, 6.07) is 4.46. The molecule has 0 bridgehead atoms. The third kappa shape index (κ3) is 7.06. The van der Waals surface area contributed by atoms with E-state index in [1.54, 1.807) is 24.0 Å². The molecule has 2 aliphatic heterocycles. The second-order valence-corrected chi connectivity index (χ2v) is 11.4. The predicted molar refractivity (Wildman–Crippen MR) is 162 cm³/mol. The van der Waals surface area contributed by atoms with Gasteiger partial charge in [-0.05, 0) is 51.1 Å². The molecule has 2 saturated heterocycles. The Morgan fingerprint density at radius 2 is 1.80 bits per heavy atom. The van der Waals surface area contributed by atoms with Crippen molar-refractivity contribution >= 4 is 35.0 Å². The van der Waals surface area contributed by atoms with Crippen LogP contribution in [0.4, 0.5) is 18.9 Å². The second kappa shape index (κ2) is 13.4. The van der Waals surface area contributed by atoms with Crippen LogP contribution in [0, 0.1) is 5.92 Å². The number of carbonyl (C=O) groups is 3. The molecule has 11 nitrogen and oxygen atoms in total. The van der Waals surface area contributed by atoms with Crippen LogP contribution < -0.4 is 10.6 Å². The Balaban J connectivity index is 1.24. The molecule has 3 aromatic rings. The highest BCUT2D eigenvalue weighted by Crippen LogP contribution is 2.36. The van der Waals surface area contributed by atoms with Gasteiger partial charge in [0.15, 0.2) is 11.5 Å². The third-order valence-electron chi connectivity index (χ3n) is 8.05. The largest absolute Gasteiger partial charge is 0.435 e. The summed E-state index contributed by atoms with van der Waals surface area (Å²) in [6.45, 7) is 5.24. The Labute approximate surface area is 263 Å². The van der Waals surface area contributed by atoms with E-state index in [-0.39, 0.29) is 57.6 Å². The number of piperazine rings is 1. The van der Waals surface area contributed by atoms with Crippen molar-refractivity contribution in [3.05, 3.63) is 64.8 Å². The maximum atomic E-state index is 13.8. The van der Waals surface area contributed by atoms with Gasteiger partial charge in [-0.2, -0.15) is 18.3 Å². The lowest BCUT2D eigenvalue weighted by Crippen LogP contribution is -2.52. The molecule has 2 N–H and O–H groups in total. The van der Waals surface area contributed by atoms with Gasteiger partial charge in [-0.3, -0.25) is 19.1 Å². The molecule has 4 heterocycles. The molecular weight excluding hydrogens is 613 g/mol. The number of piperidine rings is 1. The van der Waals surface area contributed by atoms with E-state index >= 15 is 0 Å². The van der Waals surface area contributed by atoms with Crippen LogP contribution in [0.3, 0.4) is 0 Å². The molecule has 15 heteroatoms. The van der Waals surface area contributed by atoms with Crippen molar-refractivity contribution in [2.24, 2.45) is 13.0 Å². The molecule has 0 saturated carbocycles. The highest BCUT2D eigenvalue weighted by Gasteiger charge is 2.38. The number of alkyl halides is 3. The maximum Gasteiger partial charge on any atom is 0.435 e. The van der Waals surface area contributed by atoms with Crippen LogP contribution in [0.1, 0.15) is 46.4 Å². The number of hydrogen-bond acceptors (Lipinski definition) is 6. The maximum absolute atomic E-state index is 13.8. The summed E-state index contributed by atoms with van der Waals surface area (Å²) in [7, 11) is 1.44. The molecular formula is C30H34ClF3N8O3. The van der Waals surface area contributed by atoms with Crippen LogP contribution in [0.15, 0.2) is 42.7 Å². The number of amides is 3. The number of allylic oxidation sites excluding steroid dienone is 2. The topological polar surface area (TPSA) is 117 Å². The Morgan fingerprint density at radius 3 is 2.44 bits per heavy atom. The summed E-state index contributed by atoms with van der Waals surface area (Å²) in [6.07, 6.45) is 2.76. The minimum Gasteiger partial charge on any atom is -0.339 e. The summed E-state index contributed by atoms with van der Waals surface area (Å²) in [5.41, 5.74) is -0.691. The van der Waals surface area contributed by atoms with Gasteiger partial charge in [0, 0.05) is 51.0 Å². The molecule has 0 spiro atoms. The number of nitrogens with zero attached hydrogens (tertiary/aromatic N) is 6. The molecule has 5 rings (SSSR count). The van der Waals surface area contributed by atoms with Crippen LogP contribution in [0.5, 0.6) is 0 Å². The zero-order valence-corrected chi connectivity index (χ0v) is 25.7. The van der Waals surface area contributed by atoms with E-state index in [4.69, 9.17) is 11.6 Å². The zero-order chi connectivity index (χ0) is 32.3. The minimum atomic E-state index is -4.71. The van der Waals surface area contributed by atoms with Gasteiger partial charge in [-0.25, -0.2) is 4.98 Å². The number of rotatable bonds is 7. The average molecular weight is 647 g/mol. The molecule has 2 fully saturated rings. The van der Waals surface area contributed by atoms with Crippen molar-refractivity contribution in [1.29, 1.82) is 0 Å². The summed E-state index contributed by atoms with van der Waals surface area (Å²) >= 11 is 6.46. The lowest BCUT2D eigenvalue weighted by molar-refractivity contribution is -0.141. The highest BCUT2D eigenvalue weighted by atomic mass is 35.5. The van der Waals surface area contributed by atoms with E-state index in [2.05, 4.69) is 20.7 Å². The predicted octanol–water partition coefficient (Wildman–Crippen LogP) is 4.07. The first-order valence-electron chi connectivity index (χ1n) is 14.7. The first kappa shape index (κ1) is 32.2. The number of hydrogen-bond donors (Lipinski definition) is 2. The van der Waals surface area contributed by atoms with Gasteiger partial charge in [0.05, 0.1) is 34.6 Å². The number of halogens is 4. The first-order valence-corrected chi connectivity index (χ1v) is 15.0. The molecule has 0 radical (unpaired) electrons. The lowest BCUT2D eigenvalue weighted by atomic mass is 9.96. The van der Waals surface area contributed by atoms with Crippen molar-refractivity contribution in [2.45, 2.75) is 32.5 Å². The summed E-state index contributed by atoms with van der Waals surface area (Å²) in [5, 5.41) is 9.71. The van der Waals surface area contributed by atoms with Crippen molar-refractivity contribution < 1.29 is 27.6 Å². The number of nitrogens with one attached hydrogen (secondary N) is 2. The summed E-state index contributed by atoms with van der Waals surface area (Å²) < 4.78 is 43.7. The second-order valence-electron chi connectivity index (χ2n) is 11.0. The van der Waals surface area contributed by atoms with Crippen LogP contribution in [-0.4, -0.2) is 86.1 Å². The van der Waals surface area contributed by atoms with Gasteiger partial charge in [0.1, 0.15) is 0 Å². The lowest BCUT2D eigenvalue weighted by Gasteiger charge is -2.37. The molecule has 1 aromatic carbocycles. The fourth-order valence-electron chi connectivity index (χ4n) is 5.58. The third-order valence-corrected chi connectivity index (χ3v) is 8.36. The number of anilines is 1. The molecule has 45 heavy (non-hydrogen) atoms. The number of benzene rings is 1. The minimum absolute atomic E-state index is 0.0210. The smallest absolute Gasteiger partial charge is 0.339 e. The van der Waals surface area contributed by atoms with Gasteiger partial charge in [0.2, 0.25) is 5.91 Å². The summed E-state index contributed by atoms with van der Waals surface area (Å²) in [5.74, 6) is -0.929. The van der Waals surface area contributed by atoms with Gasteiger partial charge < -0.3 is 25.0 Å². The zero-order valence-electron chi connectivity index (χ0n) is 24.9. The molecule has 0 atom stereocenters. The van der Waals surface area contributed by atoms with Crippen molar-refractivity contribution in [3.63, 3.8) is 0 Å². The monoisotopic (exact) mass is 646 g/mol. The van der Waals surface area contributed by atoms with Crippen LogP contribution in [0.25, 0.3) is 11.3 Å².